The van der Waals surface area contributed by atoms with E-state index in [1.54, 1.807) is 0 Å². The predicted molar refractivity (Wildman–Crippen MR) is 100 cm³/mol. The number of aliphatic hydroxyl groups is 5. The molecule has 13 nitrogen and oxygen atoms in total. The molecular weight excluding hydrogens is 436 g/mol. The predicted octanol–water partition coefficient (Wildman–Crippen LogP) is -2.41. The molecule has 0 amide bonds. The Balaban J connectivity index is 1.92. The highest BCUT2D eigenvalue weighted by Gasteiger charge is 2.45. The highest BCUT2D eigenvalue weighted by Crippen LogP contribution is 2.25. The van der Waals surface area contributed by atoms with E-state index in [0.717, 1.165) is 0 Å². The van der Waals surface area contributed by atoms with Crippen LogP contribution in [0.3, 0.4) is 0 Å². The topological polar surface area (TPSA) is 221 Å². The number of aliphatic hydroxyl groups excluding tert-OH is 4. The molecule has 0 bridgehead atoms. The zero-order valence-corrected chi connectivity index (χ0v) is 16.6. The number of hydrogen-bond donors (Lipinski definition) is 7. The van der Waals surface area contributed by atoms with Crippen LogP contribution in [0.2, 0.25) is 0 Å². The SMILES string of the molecule is O=C(O)C[C@@](O)(CC(=O)OCc1ccc(O[C@@H]2O[C@H](CO)[C@@H](O)[C@H](O)[C@H]2O)cc1)C(=O)O. The lowest BCUT2D eigenvalue weighted by atomic mass is 9.96. The fourth-order valence-corrected chi connectivity index (χ4v) is 2.88. The third-order valence-electron chi connectivity index (χ3n) is 4.70. The van der Waals surface area contributed by atoms with Gasteiger partial charge in [-0.15, -0.1) is 0 Å². The van der Waals surface area contributed by atoms with Crippen LogP contribution in [0.1, 0.15) is 18.4 Å². The molecule has 6 atom stereocenters. The van der Waals surface area contributed by atoms with Gasteiger partial charge in [-0.25, -0.2) is 4.79 Å². The minimum absolute atomic E-state index is 0.172. The number of carboxylic acid groups (broad SMARTS) is 2. The van der Waals surface area contributed by atoms with E-state index in [2.05, 4.69) is 0 Å². The van der Waals surface area contributed by atoms with Gasteiger partial charge in [0.15, 0.2) is 5.60 Å². The molecule has 1 fully saturated rings. The summed E-state index contributed by atoms with van der Waals surface area (Å²) in [5.41, 5.74) is -2.37. The van der Waals surface area contributed by atoms with Crippen molar-refractivity contribution in [1.82, 2.24) is 0 Å². The van der Waals surface area contributed by atoms with Crippen LogP contribution < -0.4 is 4.74 Å². The van der Waals surface area contributed by atoms with Gasteiger partial charge >= 0.3 is 17.9 Å². The minimum atomic E-state index is -2.80. The van der Waals surface area contributed by atoms with Gasteiger partial charge in [0.25, 0.3) is 0 Å². The van der Waals surface area contributed by atoms with Crippen molar-refractivity contribution in [1.29, 1.82) is 0 Å². The molecule has 1 aliphatic heterocycles. The van der Waals surface area contributed by atoms with E-state index in [0.29, 0.717) is 5.56 Å². The number of carbonyl (C=O) groups is 3. The van der Waals surface area contributed by atoms with Crippen LogP contribution in [0.5, 0.6) is 5.75 Å². The molecule has 0 unspecified atom stereocenters. The monoisotopic (exact) mass is 460 g/mol. The Morgan fingerprint density at radius 3 is 2.12 bits per heavy atom. The molecule has 0 aliphatic carbocycles. The summed E-state index contributed by atoms with van der Waals surface area (Å²) < 4.78 is 15.5. The van der Waals surface area contributed by atoms with Gasteiger partial charge in [-0.2, -0.15) is 0 Å². The number of ether oxygens (including phenoxy) is 3. The normalized spacial score (nSPS) is 27.2. The molecule has 13 heteroatoms. The first-order valence-electron chi connectivity index (χ1n) is 9.36. The zero-order chi connectivity index (χ0) is 24.1. The summed E-state index contributed by atoms with van der Waals surface area (Å²) >= 11 is 0. The highest BCUT2D eigenvalue weighted by atomic mass is 16.7. The second-order valence-corrected chi connectivity index (χ2v) is 7.20. The Morgan fingerprint density at radius 2 is 1.59 bits per heavy atom. The quantitative estimate of drug-likeness (QED) is 0.181. The molecule has 1 heterocycles. The molecule has 7 N–H and O–H groups in total. The number of carboxylic acids is 2. The molecule has 32 heavy (non-hydrogen) atoms. The average molecular weight is 460 g/mol. The Kier molecular flexibility index (Phi) is 8.49. The largest absolute Gasteiger partial charge is 0.481 e. The van der Waals surface area contributed by atoms with E-state index in [1.807, 2.05) is 0 Å². The molecule has 178 valence electrons. The molecular formula is C19H24O13. The Hall–Kier alpha value is -2.81. The summed E-state index contributed by atoms with van der Waals surface area (Å²) in [7, 11) is 0. The maximum Gasteiger partial charge on any atom is 0.336 e. The van der Waals surface area contributed by atoms with Gasteiger partial charge in [-0.3, -0.25) is 9.59 Å². The van der Waals surface area contributed by atoms with Gasteiger partial charge in [0, 0.05) is 0 Å². The van der Waals surface area contributed by atoms with E-state index < -0.39 is 73.7 Å². The number of esters is 1. The fraction of sp³-hybridized carbons (Fsp3) is 0.526. The molecule has 1 aromatic rings. The second-order valence-electron chi connectivity index (χ2n) is 7.20. The summed E-state index contributed by atoms with van der Waals surface area (Å²) in [5.74, 6) is -4.42. The van der Waals surface area contributed by atoms with Crippen molar-refractivity contribution >= 4 is 17.9 Å². The second kappa shape index (κ2) is 10.7. The first-order chi connectivity index (χ1) is 15.0. The number of rotatable bonds is 10. The van der Waals surface area contributed by atoms with Crippen LogP contribution in [0.25, 0.3) is 0 Å². The number of benzene rings is 1. The zero-order valence-electron chi connectivity index (χ0n) is 16.6. The summed E-state index contributed by atoms with van der Waals surface area (Å²) in [6.07, 6.45) is -9.47. The standard InChI is InChI=1S/C19H24O13/c20-7-11-14(24)15(25)16(26)17(32-11)31-10-3-1-9(2-4-10)8-30-13(23)6-19(29,18(27)28)5-12(21)22/h1-4,11,14-17,20,24-26,29H,5-8H2,(H,21,22)(H,27,28)/t11-,14-,15+,16-,17-,19-/m1/s1. The molecule has 0 saturated carbocycles. The van der Waals surface area contributed by atoms with Crippen LogP contribution in [-0.4, -0.2) is 96.6 Å². The third kappa shape index (κ3) is 6.35. The lowest BCUT2D eigenvalue weighted by molar-refractivity contribution is -0.277. The van der Waals surface area contributed by atoms with Gasteiger partial charge in [0.1, 0.15) is 36.8 Å². The van der Waals surface area contributed by atoms with Gasteiger partial charge in [0.05, 0.1) is 19.4 Å². The van der Waals surface area contributed by atoms with Crippen LogP contribution in [0, 0.1) is 0 Å². The lowest BCUT2D eigenvalue weighted by Crippen LogP contribution is -2.60. The van der Waals surface area contributed by atoms with Crippen molar-refractivity contribution in [2.24, 2.45) is 0 Å². The smallest absolute Gasteiger partial charge is 0.336 e. The molecule has 0 spiro atoms. The van der Waals surface area contributed by atoms with Gasteiger partial charge in [0.2, 0.25) is 6.29 Å². The van der Waals surface area contributed by atoms with Crippen molar-refractivity contribution in [3.8, 4) is 5.75 Å². The van der Waals surface area contributed by atoms with E-state index in [4.69, 9.17) is 24.4 Å². The first kappa shape index (κ1) is 25.5. The van der Waals surface area contributed by atoms with Crippen molar-refractivity contribution < 1.29 is 64.3 Å². The van der Waals surface area contributed by atoms with Gasteiger partial charge < -0.3 is 50.0 Å². The number of hydrogen-bond acceptors (Lipinski definition) is 11. The number of carbonyl (C=O) groups excluding carboxylic acids is 1. The summed E-state index contributed by atoms with van der Waals surface area (Å²) in [5, 5.41) is 66.2. The van der Waals surface area contributed by atoms with E-state index in [-0.39, 0.29) is 12.4 Å². The molecule has 0 radical (unpaired) electrons. The van der Waals surface area contributed by atoms with E-state index in [1.165, 1.54) is 24.3 Å². The van der Waals surface area contributed by atoms with Crippen LogP contribution >= 0.6 is 0 Å². The first-order valence-corrected chi connectivity index (χ1v) is 9.36. The number of aliphatic carboxylic acids is 2. The van der Waals surface area contributed by atoms with Crippen LogP contribution in [0.15, 0.2) is 24.3 Å². The van der Waals surface area contributed by atoms with E-state index in [9.17, 15) is 39.9 Å². The molecule has 1 saturated heterocycles. The Labute approximate surface area is 181 Å². The molecule has 1 aliphatic rings. The van der Waals surface area contributed by atoms with Crippen molar-refractivity contribution in [3.63, 3.8) is 0 Å². The highest BCUT2D eigenvalue weighted by molar-refractivity contribution is 5.88. The summed E-state index contributed by atoms with van der Waals surface area (Å²) in [4.78, 5) is 33.6. The lowest BCUT2D eigenvalue weighted by Gasteiger charge is -2.39. The van der Waals surface area contributed by atoms with Crippen molar-refractivity contribution in [3.05, 3.63) is 29.8 Å². The fourth-order valence-electron chi connectivity index (χ4n) is 2.88. The summed E-state index contributed by atoms with van der Waals surface area (Å²) in [6.45, 7) is -0.930. The molecule has 2 rings (SSSR count). The van der Waals surface area contributed by atoms with Gasteiger partial charge in [-0.1, -0.05) is 12.1 Å². The Bertz CT molecular complexity index is 808. The molecule has 1 aromatic carbocycles. The minimum Gasteiger partial charge on any atom is -0.481 e. The van der Waals surface area contributed by atoms with Gasteiger partial charge in [-0.05, 0) is 17.7 Å². The van der Waals surface area contributed by atoms with E-state index >= 15 is 0 Å². The Morgan fingerprint density at radius 1 is 0.969 bits per heavy atom. The third-order valence-corrected chi connectivity index (χ3v) is 4.70. The maximum atomic E-state index is 11.8. The van der Waals surface area contributed by atoms with Crippen molar-refractivity contribution in [2.45, 2.75) is 55.8 Å². The molecule has 0 aromatic heterocycles. The van der Waals surface area contributed by atoms with Crippen LogP contribution in [0.4, 0.5) is 0 Å². The maximum absolute atomic E-state index is 11.8. The summed E-state index contributed by atoms with van der Waals surface area (Å²) in [6, 6.07) is 5.71. The van der Waals surface area contributed by atoms with Crippen molar-refractivity contribution in [2.75, 3.05) is 6.61 Å². The van der Waals surface area contributed by atoms with Crippen LogP contribution in [-0.2, 0) is 30.5 Å². The average Bonchev–Trinajstić information content (AvgIpc) is 2.72.